The minimum Gasteiger partial charge on any atom is -0.387 e. The van der Waals surface area contributed by atoms with E-state index in [4.69, 9.17) is 5.73 Å². The predicted octanol–water partition coefficient (Wildman–Crippen LogP) is 4.01. The van der Waals surface area contributed by atoms with Crippen LogP contribution in [-0.4, -0.2) is 16.0 Å². The number of aromatic nitrogens is 2. The Morgan fingerprint density at radius 1 is 1.29 bits per heavy atom. The van der Waals surface area contributed by atoms with Gasteiger partial charge in [-0.1, -0.05) is 36.5 Å². The molecule has 0 saturated carbocycles. The van der Waals surface area contributed by atoms with Crippen molar-refractivity contribution < 1.29 is 13.2 Å². The average Bonchev–Trinajstić information content (AvgIpc) is 2.86. The van der Waals surface area contributed by atoms with Crippen LogP contribution in [0.15, 0.2) is 29.3 Å². The van der Waals surface area contributed by atoms with Gasteiger partial charge in [0.15, 0.2) is 0 Å². The van der Waals surface area contributed by atoms with Crippen LogP contribution in [0.25, 0.3) is 10.6 Å². The number of rotatable bonds is 4. The summed E-state index contributed by atoms with van der Waals surface area (Å²) in [4.78, 5) is 4.04. The number of amidine groups is 1. The second kappa shape index (κ2) is 6.21. The van der Waals surface area contributed by atoms with Crippen LogP contribution in [0.3, 0.4) is 0 Å². The molecule has 0 fully saturated rings. The zero-order valence-electron chi connectivity index (χ0n) is 11.2. The molecule has 0 aliphatic heterocycles. The zero-order chi connectivity index (χ0) is 15.5. The van der Waals surface area contributed by atoms with Gasteiger partial charge in [0.05, 0.1) is 5.56 Å². The molecule has 8 heteroatoms. The summed E-state index contributed by atoms with van der Waals surface area (Å²) in [6.07, 6.45) is -3.00. The molecule has 2 N–H and O–H groups in total. The molecule has 1 aromatic carbocycles. The van der Waals surface area contributed by atoms with Crippen LogP contribution >= 0.6 is 11.3 Å². The van der Waals surface area contributed by atoms with Crippen molar-refractivity contribution in [3.05, 3.63) is 29.8 Å². The number of alkyl halides is 3. The second-order valence-electron chi connectivity index (χ2n) is 4.29. The maximum absolute atomic E-state index is 13.0. The van der Waals surface area contributed by atoms with Crippen LogP contribution in [0.5, 0.6) is 0 Å². The van der Waals surface area contributed by atoms with Crippen LogP contribution < -0.4 is 5.73 Å². The number of nitrogens with two attached hydrogens (primary N) is 1. The van der Waals surface area contributed by atoms with E-state index in [0.717, 1.165) is 23.8 Å². The molecule has 0 amide bonds. The summed E-state index contributed by atoms with van der Waals surface area (Å²) in [5, 5.41) is 7.98. The lowest BCUT2D eigenvalue weighted by Gasteiger charge is -2.09. The van der Waals surface area contributed by atoms with Gasteiger partial charge in [0.1, 0.15) is 10.8 Å². The van der Waals surface area contributed by atoms with Crippen LogP contribution in [0.1, 0.15) is 25.3 Å². The third-order valence-electron chi connectivity index (χ3n) is 2.62. The molecule has 0 bridgehead atoms. The van der Waals surface area contributed by atoms with E-state index in [-0.39, 0.29) is 15.7 Å². The molecule has 0 aliphatic rings. The predicted molar refractivity (Wildman–Crippen MR) is 76.5 cm³/mol. The highest BCUT2D eigenvalue weighted by Gasteiger charge is 2.34. The van der Waals surface area contributed by atoms with E-state index >= 15 is 0 Å². The normalized spacial score (nSPS) is 12.7. The topological polar surface area (TPSA) is 64.2 Å². The quantitative estimate of drug-likeness (QED) is 0.685. The Balaban J connectivity index is 2.37. The fourth-order valence-corrected chi connectivity index (χ4v) is 2.51. The maximum atomic E-state index is 13.0. The second-order valence-corrected chi connectivity index (χ2v) is 5.24. The van der Waals surface area contributed by atoms with E-state index in [9.17, 15) is 13.2 Å². The standard InChI is InChI=1S/C13H13F3N4S/c1-2-5-10(17)18-12-20-19-11(21-12)8-6-3-4-7-9(8)13(14,15)16/h3-4,6-7H,2,5H2,1H3,(H2,17,18,20). The Bertz CT molecular complexity index is 649. The number of benzene rings is 1. The Morgan fingerprint density at radius 2 is 2.00 bits per heavy atom. The average molecular weight is 314 g/mol. The Hall–Kier alpha value is -1.96. The third kappa shape index (κ3) is 3.78. The first kappa shape index (κ1) is 15.4. The zero-order valence-corrected chi connectivity index (χ0v) is 12.0. The van der Waals surface area contributed by atoms with E-state index in [1.807, 2.05) is 6.92 Å². The number of hydrogen-bond acceptors (Lipinski definition) is 4. The minimum absolute atomic E-state index is 0.00184. The van der Waals surface area contributed by atoms with Crippen molar-refractivity contribution in [3.8, 4) is 10.6 Å². The third-order valence-corrected chi connectivity index (χ3v) is 3.47. The van der Waals surface area contributed by atoms with Gasteiger partial charge in [-0.05, 0) is 12.5 Å². The van der Waals surface area contributed by atoms with Crippen molar-refractivity contribution >= 4 is 22.3 Å². The van der Waals surface area contributed by atoms with E-state index < -0.39 is 11.7 Å². The minimum atomic E-state index is -4.44. The molecule has 112 valence electrons. The molecule has 21 heavy (non-hydrogen) atoms. The van der Waals surface area contributed by atoms with Gasteiger partial charge in [-0.15, -0.1) is 10.2 Å². The molecule has 4 nitrogen and oxygen atoms in total. The molecular formula is C13H13F3N4S. The van der Waals surface area contributed by atoms with Crippen LogP contribution in [0.4, 0.5) is 18.3 Å². The van der Waals surface area contributed by atoms with E-state index in [0.29, 0.717) is 12.3 Å². The Labute approximate surface area is 123 Å². The molecule has 0 unspecified atom stereocenters. The van der Waals surface area contributed by atoms with Crippen molar-refractivity contribution in [2.24, 2.45) is 10.7 Å². The largest absolute Gasteiger partial charge is 0.417 e. The van der Waals surface area contributed by atoms with Gasteiger partial charge in [0, 0.05) is 12.0 Å². The monoisotopic (exact) mass is 314 g/mol. The molecule has 0 aliphatic carbocycles. The number of nitrogens with zero attached hydrogens (tertiary/aromatic N) is 3. The highest BCUT2D eigenvalue weighted by Crippen LogP contribution is 2.38. The number of hydrogen-bond donors (Lipinski definition) is 1. The summed E-state index contributed by atoms with van der Waals surface area (Å²) in [6, 6.07) is 5.25. The number of aliphatic imine (C=N–C) groups is 1. The molecule has 2 rings (SSSR count). The summed E-state index contributed by atoms with van der Waals surface area (Å²) in [7, 11) is 0. The molecule has 1 heterocycles. The highest BCUT2D eigenvalue weighted by molar-refractivity contribution is 7.18. The first-order valence-corrected chi connectivity index (χ1v) is 7.06. The van der Waals surface area contributed by atoms with Crippen LogP contribution in [0, 0.1) is 0 Å². The fourth-order valence-electron chi connectivity index (χ4n) is 1.72. The first-order chi connectivity index (χ1) is 9.91. The lowest BCUT2D eigenvalue weighted by atomic mass is 10.1. The van der Waals surface area contributed by atoms with Gasteiger partial charge in [-0.25, -0.2) is 4.99 Å². The van der Waals surface area contributed by atoms with Gasteiger partial charge in [0.2, 0.25) is 5.13 Å². The number of halogens is 3. The fraction of sp³-hybridized carbons (Fsp3) is 0.308. The molecule has 1 aromatic heterocycles. The van der Waals surface area contributed by atoms with Crippen LogP contribution in [0.2, 0.25) is 0 Å². The first-order valence-electron chi connectivity index (χ1n) is 6.25. The molecule has 0 atom stereocenters. The van der Waals surface area contributed by atoms with Crippen LogP contribution in [-0.2, 0) is 6.18 Å². The van der Waals surface area contributed by atoms with E-state index in [2.05, 4.69) is 15.2 Å². The Morgan fingerprint density at radius 3 is 2.67 bits per heavy atom. The van der Waals surface area contributed by atoms with Gasteiger partial charge < -0.3 is 5.73 Å². The molecular weight excluding hydrogens is 301 g/mol. The van der Waals surface area contributed by atoms with Gasteiger partial charge in [0.25, 0.3) is 0 Å². The smallest absolute Gasteiger partial charge is 0.387 e. The SMILES string of the molecule is CCC/C(N)=N\c1nnc(-c2ccccc2C(F)(F)F)s1. The van der Waals surface area contributed by atoms with Crippen molar-refractivity contribution in [2.75, 3.05) is 0 Å². The molecule has 0 radical (unpaired) electrons. The lowest BCUT2D eigenvalue weighted by molar-refractivity contribution is -0.137. The van der Waals surface area contributed by atoms with E-state index in [1.165, 1.54) is 18.2 Å². The summed E-state index contributed by atoms with van der Waals surface area (Å²) in [5.74, 6) is 0.393. The Kier molecular flexibility index (Phi) is 4.56. The summed E-state index contributed by atoms with van der Waals surface area (Å²) in [6.45, 7) is 1.95. The summed E-state index contributed by atoms with van der Waals surface area (Å²) in [5.41, 5.74) is 4.93. The van der Waals surface area contributed by atoms with Gasteiger partial charge >= 0.3 is 6.18 Å². The molecule has 2 aromatic rings. The summed E-state index contributed by atoms with van der Waals surface area (Å²) < 4.78 is 38.9. The van der Waals surface area contributed by atoms with E-state index in [1.54, 1.807) is 0 Å². The highest BCUT2D eigenvalue weighted by atomic mass is 32.1. The van der Waals surface area contributed by atoms with Gasteiger partial charge in [-0.3, -0.25) is 0 Å². The van der Waals surface area contributed by atoms with Crippen molar-refractivity contribution in [1.82, 2.24) is 10.2 Å². The maximum Gasteiger partial charge on any atom is 0.417 e. The molecule has 0 spiro atoms. The van der Waals surface area contributed by atoms with Crippen molar-refractivity contribution in [2.45, 2.75) is 25.9 Å². The van der Waals surface area contributed by atoms with Crippen molar-refractivity contribution in [3.63, 3.8) is 0 Å². The summed E-state index contributed by atoms with van der Waals surface area (Å²) >= 11 is 0.981. The van der Waals surface area contributed by atoms with Crippen molar-refractivity contribution in [1.29, 1.82) is 0 Å². The molecule has 0 saturated heterocycles. The van der Waals surface area contributed by atoms with Gasteiger partial charge in [-0.2, -0.15) is 13.2 Å². The lowest BCUT2D eigenvalue weighted by Crippen LogP contribution is -2.09.